The Morgan fingerprint density at radius 2 is 2.17 bits per heavy atom. The minimum Gasteiger partial charge on any atom is -0.487 e. The molecule has 1 aromatic rings. The van der Waals surface area contributed by atoms with E-state index in [0.717, 1.165) is 10.0 Å². The Morgan fingerprint density at radius 1 is 1.39 bits per heavy atom. The number of hydrogen-bond donors (Lipinski definition) is 1. The van der Waals surface area contributed by atoms with Gasteiger partial charge in [0, 0.05) is 22.6 Å². The summed E-state index contributed by atoms with van der Waals surface area (Å²) in [6, 6.07) is 6.00. The summed E-state index contributed by atoms with van der Waals surface area (Å²) in [7, 11) is 0. The standard InChI is InChI=1S/C13H16BrF2NO/c14-10-4-5-12(18-8-13(15)16)9(6-10)7-17-11-2-1-3-11/h4-6,11,13,17H,1-3,7-8H2. The van der Waals surface area contributed by atoms with E-state index in [4.69, 9.17) is 4.74 Å². The maximum Gasteiger partial charge on any atom is 0.272 e. The number of benzene rings is 1. The maximum absolute atomic E-state index is 12.2. The van der Waals surface area contributed by atoms with Crippen molar-refractivity contribution in [2.24, 2.45) is 0 Å². The summed E-state index contributed by atoms with van der Waals surface area (Å²) in [6.45, 7) is 0.0980. The first-order valence-corrected chi connectivity index (χ1v) is 6.87. The highest BCUT2D eigenvalue weighted by Gasteiger charge is 2.17. The SMILES string of the molecule is FC(F)COc1ccc(Br)cc1CNC1CCC1. The third-order valence-electron chi connectivity index (χ3n) is 3.07. The molecule has 1 N–H and O–H groups in total. The van der Waals surface area contributed by atoms with Gasteiger partial charge in [0.25, 0.3) is 6.43 Å². The molecule has 1 fully saturated rings. The number of hydrogen-bond acceptors (Lipinski definition) is 2. The second-order valence-electron chi connectivity index (χ2n) is 4.46. The molecule has 1 aliphatic carbocycles. The van der Waals surface area contributed by atoms with Gasteiger partial charge >= 0.3 is 0 Å². The van der Waals surface area contributed by atoms with E-state index >= 15 is 0 Å². The summed E-state index contributed by atoms with van der Waals surface area (Å²) in [5, 5.41) is 3.40. The van der Waals surface area contributed by atoms with Crippen molar-refractivity contribution < 1.29 is 13.5 Å². The lowest BCUT2D eigenvalue weighted by atomic mass is 9.93. The van der Waals surface area contributed by atoms with Crippen LogP contribution in [0, 0.1) is 0 Å². The van der Waals surface area contributed by atoms with Crippen LogP contribution < -0.4 is 10.1 Å². The van der Waals surface area contributed by atoms with E-state index in [9.17, 15) is 8.78 Å². The molecular formula is C13H16BrF2NO. The minimum atomic E-state index is -2.44. The van der Waals surface area contributed by atoms with Crippen LogP contribution in [0.15, 0.2) is 22.7 Å². The molecule has 0 aliphatic heterocycles. The minimum absolute atomic E-state index is 0.533. The third-order valence-corrected chi connectivity index (χ3v) is 3.57. The Hall–Kier alpha value is -0.680. The molecule has 0 unspecified atom stereocenters. The van der Waals surface area contributed by atoms with E-state index in [2.05, 4.69) is 21.2 Å². The van der Waals surface area contributed by atoms with Crippen molar-refractivity contribution in [2.45, 2.75) is 38.3 Å². The Bertz CT molecular complexity index is 397. The second kappa shape index (κ2) is 6.48. The van der Waals surface area contributed by atoms with Crippen molar-refractivity contribution in [2.75, 3.05) is 6.61 Å². The molecule has 0 saturated heterocycles. The third kappa shape index (κ3) is 3.92. The number of halogens is 3. The monoisotopic (exact) mass is 319 g/mol. The summed E-state index contributed by atoms with van der Waals surface area (Å²) in [5.74, 6) is 0.533. The average Bonchev–Trinajstić information content (AvgIpc) is 2.25. The zero-order valence-corrected chi connectivity index (χ0v) is 11.6. The number of rotatable bonds is 6. The fourth-order valence-electron chi connectivity index (χ4n) is 1.85. The molecule has 0 spiro atoms. The van der Waals surface area contributed by atoms with Crippen molar-refractivity contribution in [1.82, 2.24) is 5.32 Å². The lowest BCUT2D eigenvalue weighted by Gasteiger charge is -2.27. The smallest absolute Gasteiger partial charge is 0.272 e. The molecule has 0 heterocycles. The largest absolute Gasteiger partial charge is 0.487 e. The van der Waals surface area contributed by atoms with E-state index in [-0.39, 0.29) is 0 Å². The molecule has 0 atom stereocenters. The molecule has 0 bridgehead atoms. The zero-order valence-electron chi connectivity index (χ0n) is 9.96. The zero-order chi connectivity index (χ0) is 13.0. The fraction of sp³-hybridized carbons (Fsp3) is 0.538. The van der Waals surface area contributed by atoms with E-state index in [0.29, 0.717) is 18.3 Å². The molecule has 1 aliphatic rings. The highest BCUT2D eigenvalue weighted by molar-refractivity contribution is 9.10. The van der Waals surface area contributed by atoms with E-state index in [1.54, 1.807) is 12.1 Å². The van der Waals surface area contributed by atoms with E-state index in [1.807, 2.05) is 6.07 Å². The highest BCUT2D eigenvalue weighted by atomic mass is 79.9. The van der Waals surface area contributed by atoms with Gasteiger partial charge < -0.3 is 10.1 Å². The van der Waals surface area contributed by atoms with Crippen molar-refractivity contribution in [1.29, 1.82) is 0 Å². The topological polar surface area (TPSA) is 21.3 Å². The van der Waals surface area contributed by atoms with E-state index < -0.39 is 13.0 Å². The molecule has 0 amide bonds. The van der Waals surface area contributed by atoms with Crippen molar-refractivity contribution >= 4 is 15.9 Å². The summed E-state index contributed by atoms with van der Waals surface area (Å²) in [4.78, 5) is 0. The molecule has 2 rings (SSSR count). The summed E-state index contributed by atoms with van der Waals surface area (Å²) >= 11 is 3.38. The van der Waals surface area contributed by atoms with Crippen LogP contribution in [-0.2, 0) is 6.54 Å². The number of alkyl halides is 2. The Kier molecular flexibility index (Phi) is 4.95. The predicted molar refractivity (Wildman–Crippen MR) is 70.1 cm³/mol. The Labute approximate surface area is 114 Å². The molecular weight excluding hydrogens is 304 g/mol. The average molecular weight is 320 g/mol. The van der Waals surface area contributed by atoms with Gasteiger partial charge in [0.05, 0.1) is 0 Å². The van der Waals surface area contributed by atoms with Gasteiger partial charge in [-0.3, -0.25) is 0 Å². The molecule has 1 saturated carbocycles. The van der Waals surface area contributed by atoms with Crippen LogP contribution in [0.5, 0.6) is 5.75 Å². The van der Waals surface area contributed by atoms with Crippen LogP contribution in [0.4, 0.5) is 8.78 Å². The van der Waals surface area contributed by atoms with Crippen molar-refractivity contribution in [3.8, 4) is 5.75 Å². The number of nitrogens with one attached hydrogen (secondary N) is 1. The van der Waals surface area contributed by atoms with Crippen LogP contribution in [0.3, 0.4) is 0 Å². The van der Waals surface area contributed by atoms with Crippen molar-refractivity contribution in [3.05, 3.63) is 28.2 Å². The molecule has 2 nitrogen and oxygen atoms in total. The summed E-state index contributed by atoms with van der Waals surface area (Å²) in [5.41, 5.74) is 0.914. The quantitative estimate of drug-likeness (QED) is 0.862. The normalized spacial score (nSPS) is 15.8. The molecule has 0 aromatic heterocycles. The van der Waals surface area contributed by atoms with Gasteiger partial charge in [-0.1, -0.05) is 22.4 Å². The molecule has 18 heavy (non-hydrogen) atoms. The Balaban J connectivity index is 1.97. The fourth-order valence-corrected chi connectivity index (χ4v) is 2.25. The van der Waals surface area contributed by atoms with Crippen LogP contribution in [0.2, 0.25) is 0 Å². The van der Waals surface area contributed by atoms with Gasteiger partial charge in [0.2, 0.25) is 0 Å². The molecule has 100 valence electrons. The summed E-state index contributed by atoms with van der Waals surface area (Å²) in [6.07, 6.45) is 1.22. The second-order valence-corrected chi connectivity index (χ2v) is 5.38. The molecule has 1 aromatic carbocycles. The van der Waals surface area contributed by atoms with E-state index in [1.165, 1.54) is 19.3 Å². The van der Waals surface area contributed by atoms with Crippen LogP contribution in [-0.4, -0.2) is 19.1 Å². The molecule has 5 heteroatoms. The van der Waals surface area contributed by atoms with Gasteiger partial charge in [0.15, 0.2) is 0 Å². The molecule has 0 radical (unpaired) electrons. The summed E-state index contributed by atoms with van der Waals surface area (Å²) < 4.78 is 30.4. The first-order chi connectivity index (χ1) is 8.65. The highest BCUT2D eigenvalue weighted by Crippen LogP contribution is 2.25. The van der Waals surface area contributed by atoms with Crippen LogP contribution in [0.1, 0.15) is 24.8 Å². The first-order valence-electron chi connectivity index (χ1n) is 6.08. The predicted octanol–water partition coefficient (Wildman–Crippen LogP) is 3.74. The number of ether oxygens (including phenoxy) is 1. The Morgan fingerprint density at radius 3 is 2.78 bits per heavy atom. The van der Waals surface area contributed by atoms with Crippen LogP contribution in [0.25, 0.3) is 0 Å². The maximum atomic E-state index is 12.2. The van der Waals surface area contributed by atoms with Gasteiger partial charge in [0.1, 0.15) is 12.4 Å². The van der Waals surface area contributed by atoms with Gasteiger partial charge in [-0.25, -0.2) is 8.78 Å². The van der Waals surface area contributed by atoms with Crippen LogP contribution >= 0.6 is 15.9 Å². The lowest BCUT2D eigenvalue weighted by molar-refractivity contribution is 0.0813. The van der Waals surface area contributed by atoms with Gasteiger partial charge in [-0.2, -0.15) is 0 Å². The van der Waals surface area contributed by atoms with Gasteiger partial charge in [-0.15, -0.1) is 0 Å². The first kappa shape index (κ1) is 13.7. The van der Waals surface area contributed by atoms with Gasteiger partial charge in [-0.05, 0) is 31.0 Å². The lowest BCUT2D eigenvalue weighted by Crippen LogP contribution is -2.34. The van der Waals surface area contributed by atoms with Crippen molar-refractivity contribution in [3.63, 3.8) is 0 Å².